The molecule has 0 amide bonds. The minimum atomic E-state index is 0.771. The quantitative estimate of drug-likeness (QED) is 0.156. The maximum absolute atomic E-state index is 6.44. The molecule has 424 valence electrons. The van der Waals surface area contributed by atoms with Crippen LogP contribution in [0.4, 0.5) is 0 Å². The van der Waals surface area contributed by atoms with Gasteiger partial charge in [0.05, 0.1) is 44.1 Å². The minimum Gasteiger partial charge on any atom is -0.439 e. The Bertz CT molecular complexity index is 5570. The van der Waals surface area contributed by atoms with E-state index in [4.69, 9.17) is 23.2 Å². The molecule has 10 heteroatoms. The van der Waals surface area contributed by atoms with Crippen molar-refractivity contribution in [2.45, 2.75) is 0 Å². The molecule has 0 radical (unpaired) electrons. The van der Waals surface area contributed by atoms with Crippen LogP contribution < -0.4 is 0 Å². The standard InChI is InChI=1S/C31H20N2O.C25H16N2O.C24H15N3O/c1-3-10-21(11-4-1)23-18-24(22-12-5-2-6-13-22)20-25(19-23)33-27-15-9-17-32-30(27)29-26-14-7-8-16-28(26)34-31(29)33;1-2-8-17(9-3-1)18-10-6-11-19(16-18)27-21-13-7-15-26-24(21)23-20-12-4-5-14-22(20)28-25(23)27;1-2-8-16(9-3-1)18-11-6-14-21(26-18)27-19-12-7-15-25-23(19)22-17-10-4-5-13-20(17)28-24(22)27/h1-20H;1-16H;1-15H. The van der Waals surface area contributed by atoms with E-state index >= 15 is 0 Å². The largest absolute Gasteiger partial charge is 0.439 e. The Labute approximate surface area is 515 Å². The van der Waals surface area contributed by atoms with Crippen molar-refractivity contribution in [1.29, 1.82) is 0 Å². The number of fused-ring (bicyclic) bond motifs is 15. The second kappa shape index (κ2) is 21.8. The lowest BCUT2D eigenvalue weighted by Crippen LogP contribution is -1.98. The first kappa shape index (κ1) is 52.0. The van der Waals surface area contributed by atoms with Crippen LogP contribution in [0.1, 0.15) is 0 Å². The van der Waals surface area contributed by atoms with Crippen molar-refractivity contribution in [3.05, 3.63) is 310 Å². The van der Waals surface area contributed by atoms with Crippen molar-refractivity contribution >= 4 is 99.3 Å². The average molecular weight is 1160 g/mol. The first-order valence-electron chi connectivity index (χ1n) is 29.9. The predicted molar refractivity (Wildman–Crippen MR) is 365 cm³/mol. The average Bonchev–Trinajstić information content (AvgIpc) is 1.63. The summed E-state index contributed by atoms with van der Waals surface area (Å²) in [4.78, 5) is 19.0. The Morgan fingerprint density at radius 2 is 0.622 bits per heavy atom. The zero-order valence-corrected chi connectivity index (χ0v) is 48.3. The number of hydrogen-bond donors (Lipinski definition) is 0. The molecule has 10 aromatic heterocycles. The second-order valence-electron chi connectivity index (χ2n) is 22.1. The molecular weight excluding hydrogens is 1110 g/mol. The van der Waals surface area contributed by atoms with Gasteiger partial charge in [0, 0.05) is 46.0 Å². The first-order chi connectivity index (χ1) is 44.7. The Hall–Kier alpha value is -12.4. The molecule has 0 fully saturated rings. The van der Waals surface area contributed by atoms with Crippen LogP contribution in [0, 0.1) is 0 Å². The summed E-state index contributed by atoms with van der Waals surface area (Å²) in [6.07, 6.45) is 5.51. The van der Waals surface area contributed by atoms with E-state index in [0.29, 0.717) is 0 Å². The number of benzene rings is 9. The third-order valence-electron chi connectivity index (χ3n) is 16.8. The van der Waals surface area contributed by atoms with E-state index in [1.54, 1.807) is 0 Å². The third kappa shape index (κ3) is 8.89. The molecule has 9 aromatic carbocycles. The van der Waals surface area contributed by atoms with E-state index in [0.717, 1.165) is 139 Å². The lowest BCUT2D eigenvalue weighted by atomic mass is 9.98. The van der Waals surface area contributed by atoms with Crippen LogP contribution in [0.15, 0.2) is 323 Å². The van der Waals surface area contributed by atoms with E-state index in [-0.39, 0.29) is 0 Å². The van der Waals surface area contributed by atoms with E-state index in [1.165, 1.54) is 22.3 Å². The number of pyridine rings is 4. The monoisotopic (exact) mass is 1160 g/mol. The van der Waals surface area contributed by atoms with Crippen LogP contribution in [0.25, 0.3) is 161 Å². The Balaban J connectivity index is 0.000000105. The molecule has 0 aliphatic heterocycles. The molecule has 10 nitrogen and oxygen atoms in total. The van der Waals surface area contributed by atoms with Gasteiger partial charge < -0.3 is 13.3 Å². The van der Waals surface area contributed by atoms with E-state index < -0.39 is 0 Å². The van der Waals surface area contributed by atoms with Crippen molar-refractivity contribution in [1.82, 2.24) is 33.6 Å². The van der Waals surface area contributed by atoms with Crippen molar-refractivity contribution < 1.29 is 13.3 Å². The van der Waals surface area contributed by atoms with Gasteiger partial charge in [-0.25, -0.2) is 4.98 Å². The summed E-state index contributed by atoms with van der Waals surface area (Å²) >= 11 is 0. The molecule has 0 saturated heterocycles. The van der Waals surface area contributed by atoms with Crippen molar-refractivity contribution in [2.75, 3.05) is 0 Å². The summed E-state index contributed by atoms with van der Waals surface area (Å²) in [5.74, 6) is 0.813. The van der Waals surface area contributed by atoms with Crippen LogP contribution in [0.3, 0.4) is 0 Å². The highest BCUT2D eigenvalue weighted by molar-refractivity contribution is 6.20. The highest BCUT2D eigenvalue weighted by atomic mass is 16.4. The maximum atomic E-state index is 6.44. The van der Waals surface area contributed by atoms with Gasteiger partial charge in [0.1, 0.15) is 39.1 Å². The molecule has 0 aliphatic rings. The molecule has 0 atom stereocenters. The molecule has 0 bridgehead atoms. The van der Waals surface area contributed by atoms with Gasteiger partial charge in [0.2, 0.25) is 17.1 Å². The first-order valence-corrected chi connectivity index (χ1v) is 29.9. The lowest BCUT2D eigenvalue weighted by Gasteiger charge is -2.13. The highest BCUT2D eigenvalue weighted by Gasteiger charge is 2.24. The SMILES string of the molecule is c1ccc(-c2cc(-c3ccccc3)cc(-n3c4cccnc4c4c5ccccc5oc43)c2)cc1.c1ccc(-c2cccc(-n3c4cccnc4c4c5ccccc5oc43)c2)cc1.c1ccc(-c2cccc(-n3c4cccnc4c4c5ccccc5oc43)n2)cc1. The van der Waals surface area contributed by atoms with Crippen LogP contribution in [-0.4, -0.2) is 33.6 Å². The number of rotatable bonds is 7. The molecule has 19 aromatic rings. The number of aromatic nitrogens is 7. The van der Waals surface area contributed by atoms with Crippen molar-refractivity contribution in [3.63, 3.8) is 0 Å². The van der Waals surface area contributed by atoms with Gasteiger partial charge in [-0.1, -0.05) is 194 Å². The van der Waals surface area contributed by atoms with Gasteiger partial charge in [0.25, 0.3) is 0 Å². The smallest absolute Gasteiger partial charge is 0.216 e. The number of hydrogen-bond acceptors (Lipinski definition) is 7. The maximum Gasteiger partial charge on any atom is 0.216 e. The lowest BCUT2D eigenvalue weighted by molar-refractivity contribution is 0.643. The summed E-state index contributed by atoms with van der Waals surface area (Å²) in [6, 6.07) is 99.6. The Morgan fingerprint density at radius 3 is 1.10 bits per heavy atom. The molecule has 0 spiro atoms. The van der Waals surface area contributed by atoms with Gasteiger partial charge >= 0.3 is 0 Å². The van der Waals surface area contributed by atoms with Gasteiger partial charge in [0.15, 0.2) is 0 Å². The normalized spacial score (nSPS) is 11.6. The van der Waals surface area contributed by atoms with Crippen molar-refractivity contribution in [3.8, 4) is 61.8 Å². The summed E-state index contributed by atoms with van der Waals surface area (Å²) in [5, 5.41) is 6.40. The Morgan fingerprint density at radius 1 is 0.256 bits per heavy atom. The van der Waals surface area contributed by atoms with Gasteiger partial charge in [-0.3, -0.25) is 28.7 Å². The highest BCUT2D eigenvalue weighted by Crippen LogP contribution is 2.42. The van der Waals surface area contributed by atoms with Crippen LogP contribution >= 0.6 is 0 Å². The van der Waals surface area contributed by atoms with Crippen LogP contribution in [-0.2, 0) is 0 Å². The van der Waals surface area contributed by atoms with Crippen molar-refractivity contribution in [2.24, 2.45) is 0 Å². The number of para-hydroxylation sites is 3. The fraction of sp³-hybridized carbons (Fsp3) is 0. The Kier molecular flexibility index (Phi) is 12.6. The zero-order chi connectivity index (χ0) is 59.5. The molecule has 0 saturated carbocycles. The molecule has 0 N–H and O–H groups in total. The molecule has 19 rings (SSSR count). The predicted octanol–water partition coefficient (Wildman–Crippen LogP) is 20.8. The number of nitrogens with zero attached hydrogens (tertiary/aromatic N) is 7. The van der Waals surface area contributed by atoms with Gasteiger partial charge in [-0.2, -0.15) is 0 Å². The summed E-state index contributed by atoms with van der Waals surface area (Å²) in [6.45, 7) is 0. The van der Waals surface area contributed by atoms with Crippen LogP contribution in [0.2, 0.25) is 0 Å². The molecular formula is C80H51N7O3. The molecule has 0 unspecified atom stereocenters. The summed E-state index contributed by atoms with van der Waals surface area (Å²) in [7, 11) is 0. The fourth-order valence-corrected chi connectivity index (χ4v) is 12.7. The molecule has 0 aliphatic carbocycles. The van der Waals surface area contributed by atoms with Gasteiger partial charge in [-0.15, -0.1) is 0 Å². The third-order valence-corrected chi connectivity index (χ3v) is 16.8. The molecule has 10 heterocycles. The van der Waals surface area contributed by atoms with Crippen LogP contribution in [0.5, 0.6) is 0 Å². The van der Waals surface area contributed by atoms with Gasteiger partial charge in [-0.05, 0) is 130 Å². The molecule has 90 heavy (non-hydrogen) atoms. The number of furan rings is 3. The topological polar surface area (TPSA) is 106 Å². The van der Waals surface area contributed by atoms with E-state index in [2.05, 4.69) is 200 Å². The zero-order valence-electron chi connectivity index (χ0n) is 48.3. The second-order valence-corrected chi connectivity index (χ2v) is 22.1. The van der Waals surface area contributed by atoms with E-state index in [9.17, 15) is 0 Å². The van der Waals surface area contributed by atoms with E-state index in [1.807, 2.05) is 134 Å². The fourth-order valence-electron chi connectivity index (χ4n) is 12.7. The summed E-state index contributed by atoms with van der Waals surface area (Å²) < 4.78 is 25.4. The summed E-state index contributed by atoms with van der Waals surface area (Å²) in [5.41, 5.74) is 22.1. The minimum absolute atomic E-state index is 0.771.